The second kappa shape index (κ2) is 8.58. The fourth-order valence-electron chi connectivity index (χ4n) is 2.97. The third-order valence-corrected chi connectivity index (χ3v) is 5.51. The number of hydrogen-bond acceptors (Lipinski definition) is 4. The minimum Gasteiger partial charge on any atom is -0.353 e. The number of hydrogen-bond donors (Lipinski definition) is 2. The molecule has 0 saturated carbocycles. The van der Waals surface area contributed by atoms with Crippen molar-refractivity contribution in [3.63, 3.8) is 0 Å². The van der Waals surface area contributed by atoms with Crippen LogP contribution in [0.15, 0.2) is 59.6 Å². The summed E-state index contributed by atoms with van der Waals surface area (Å²) in [5.74, 6) is -0.137. The van der Waals surface area contributed by atoms with E-state index in [4.69, 9.17) is 0 Å². The third-order valence-electron chi connectivity index (χ3n) is 4.50. The normalized spacial score (nSPS) is 12.3. The van der Waals surface area contributed by atoms with E-state index < -0.39 is 29.4 Å². The molecule has 33 heavy (non-hydrogen) atoms. The van der Waals surface area contributed by atoms with Crippen molar-refractivity contribution in [2.45, 2.75) is 23.0 Å². The number of H-pyrrole nitrogens is 1. The van der Waals surface area contributed by atoms with Crippen molar-refractivity contribution < 1.29 is 30.7 Å². The van der Waals surface area contributed by atoms with Crippen LogP contribution in [0.2, 0.25) is 0 Å². The number of anilines is 2. The van der Waals surface area contributed by atoms with E-state index in [1.165, 1.54) is 18.2 Å². The highest BCUT2D eigenvalue weighted by Crippen LogP contribution is 2.34. The van der Waals surface area contributed by atoms with Gasteiger partial charge in [0, 0.05) is 16.8 Å². The van der Waals surface area contributed by atoms with Crippen molar-refractivity contribution >= 4 is 34.2 Å². The van der Waals surface area contributed by atoms with Gasteiger partial charge in [0.05, 0.1) is 28.0 Å². The Kier molecular flexibility index (Phi) is 5.95. The van der Waals surface area contributed by atoms with E-state index in [2.05, 4.69) is 20.3 Å². The number of pyridine rings is 1. The summed E-state index contributed by atoms with van der Waals surface area (Å²) in [4.78, 5) is 11.0. The molecule has 0 spiro atoms. The van der Waals surface area contributed by atoms with Crippen LogP contribution in [0.1, 0.15) is 17.1 Å². The molecule has 0 saturated heterocycles. The molecule has 2 aromatic heterocycles. The molecule has 0 aliphatic carbocycles. The van der Waals surface area contributed by atoms with Gasteiger partial charge in [0.2, 0.25) is 0 Å². The van der Waals surface area contributed by atoms with E-state index in [9.17, 15) is 30.7 Å². The molecule has 0 amide bonds. The van der Waals surface area contributed by atoms with Gasteiger partial charge in [-0.15, -0.1) is 11.8 Å². The number of benzene rings is 2. The molecule has 0 unspecified atom stereocenters. The molecule has 4 rings (SSSR count). The molecule has 0 radical (unpaired) electrons. The van der Waals surface area contributed by atoms with Crippen molar-refractivity contribution in [3.8, 4) is 0 Å². The van der Waals surface area contributed by atoms with Gasteiger partial charge in [0.15, 0.2) is 0 Å². The number of nitrogens with one attached hydrogen (secondary N) is 2. The largest absolute Gasteiger partial charge is 0.433 e. The van der Waals surface area contributed by atoms with E-state index in [1.54, 1.807) is 6.07 Å². The fraction of sp³-hybridized carbons (Fsp3) is 0.143. The Morgan fingerprint density at radius 1 is 0.909 bits per heavy atom. The number of nitrogens with zero attached hydrogens (tertiary/aromatic N) is 2. The maximum absolute atomic E-state index is 14.0. The lowest BCUT2D eigenvalue weighted by Crippen LogP contribution is -2.07. The fourth-order valence-corrected chi connectivity index (χ4v) is 3.76. The van der Waals surface area contributed by atoms with Crippen molar-refractivity contribution in [2.75, 3.05) is 5.32 Å². The number of alkyl halides is 6. The van der Waals surface area contributed by atoms with E-state index >= 15 is 0 Å². The molecule has 2 aromatic carbocycles. The van der Waals surface area contributed by atoms with Crippen LogP contribution in [0.3, 0.4) is 0 Å². The molecule has 0 bridgehead atoms. The average Bonchev–Trinajstić information content (AvgIpc) is 3.15. The molecular weight excluding hydrogens is 473 g/mol. The molecular formula is C21H13F7N4S. The smallest absolute Gasteiger partial charge is 0.353 e. The lowest BCUT2D eigenvalue weighted by molar-refractivity contribution is -0.141. The van der Waals surface area contributed by atoms with Crippen LogP contribution < -0.4 is 5.32 Å². The highest BCUT2D eigenvalue weighted by molar-refractivity contribution is 7.98. The maximum Gasteiger partial charge on any atom is 0.433 e. The van der Waals surface area contributed by atoms with Gasteiger partial charge < -0.3 is 10.3 Å². The number of halogens is 7. The standard InChI is InChI=1S/C21H13F7N4S/c22-14-3-1-11(20(23,24)25)7-16(14)30-12-2-4-15-17(8-12)32-19(31-15)10-33-13-5-6-29-18(9-13)21(26,27)28/h1-9,30H,10H2,(H,31,32). The van der Waals surface area contributed by atoms with Crippen LogP contribution in [0, 0.1) is 5.82 Å². The van der Waals surface area contributed by atoms with Crippen LogP contribution in [0.25, 0.3) is 11.0 Å². The van der Waals surface area contributed by atoms with Gasteiger partial charge in [-0.1, -0.05) is 0 Å². The van der Waals surface area contributed by atoms with Gasteiger partial charge >= 0.3 is 12.4 Å². The van der Waals surface area contributed by atoms with Gasteiger partial charge in [-0.25, -0.2) is 9.37 Å². The predicted octanol–water partition coefficient (Wildman–Crippen LogP) is 7.17. The molecule has 0 atom stereocenters. The van der Waals surface area contributed by atoms with Crippen molar-refractivity contribution in [2.24, 2.45) is 0 Å². The maximum atomic E-state index is 14.0. The van der Waals surface area contributed by atoms with Gasteiger partial charge in [0.1, 0.15) is 17.3 Å². The Labute approximate surface area is 186 Å². The molecule has 12 heteroatoms. The molecule has 0 fully saturated rings. The Morgan fingerprint density at radius 2 is 1.70 bits per heavy atom. The van der Waals surface area contributed by atoms with Crippen molar-refractivity contribution in [1.82, 2.24) is 15.0 Å². The summed E-state index contributed by atoms with van der Waals surface area (Å²) >= 11 is 1.13. The number of thioether (sulfide) groups is 1. The van der Waals surface area contributed by atoms with Gasteiger partial charge in [-0.05, 0) is 48.5 Å². The van der Waals surface area contributed by atoms with Gasteiger partial charge in [0.25, 0.3) is 0 Å². The molecule has 4 aromatic rings. The second-order valence-corrected chi connectivity index (χ2v) is 7.94. The molecule has 2 N–H and O–H groups in total. The summed E-state index contributed by atoms with van der Waals surface area (Å²) in [7, 11) is 0. The van der Waals surface area contributed by atoms with Crippen molar-refractivity contribution in [3.05, 3.63) is 77.6 Å². The molecule has 0 aliphatic heterocycles. The Morgan fingerprint density at radius 3 is 2.42 bits per heavy atom. The molecule has 172 valence electrons. The Bertz CT molecular complexity index is 1300. The first kappa shape index (κ1) is 22.9. The Hall–Kier alpha value is -3.28. The highest BCUT2D eigenvalue weighted by Gasteiger charge is 2.32. The summed E-state index contributed by atoms with van der Waals surface area (Å²) in [6.07, 6.45) is -8.08. The van der Waals surface area contributed by atoms with Crippen LogP contribution in [0.5, 0.6) is 0 Å². The number of imidazole rings is 1. The zero-order chi connectivity index (χ0) is 23.8. The zero-order valence-electron chi connectivity index (χ0n) is 16.4. The van der Waals surface area contributed by atoms with Crippen LogP contribution >= 0.6 is 11.8 Å². The van der Waals surface area contributed by atoms with E-state index in [0.717, 1.165) is 30.1 Å². The topological polar surface area (TPSA) is 53.6 Å². The predicted molar refractivity (Wildman–Crippen MR) is 110 cm³/mol. The zero-order valence-corrected chi connectivity index (χ0v) is 17.2. The lowest BCUT2D eigenvalue weighted by atomic mass is 10.1. The third kappa shape index (κ3) is 5.38. The lowest BCUT2D eigenvalue weighted by Gasteiger charge is -2.11. The first-order valence-electron chi connectivity index (χ1n) is 9.27. The van der Waals surface area contributed by atoms with Crippen LogP contribution in [-0.2, 0) is 18.1 Å². The van der Waals surface area contributed by atoms with E-state index in [-0.39, 0.29) is 11.4 Å². The number of fused-ring (bicyclic) bond motifs is 1. The minimum absolute atomic E-state index is 0.237. The summed E-state index contributed by atoms with van der Waals surface area (Å²) in [6, 6.07) is 9.13. The van der Waals surface area contributed by atoms with E-state index in [0.29, 0.717) is 39.6 Å². The quantitative estimate of drug-likeness (QED) is 0.232. The van der Waals surface area contributed by atoms with Crippen LogP contribution in [0.4, 0.5) is 42.1 Å². The number of aromatic amines is 1. The SMILES string of the molecule is Fc1ccc(C(F)(F)F)cc1Nc1ccc2[nH]c(CSc3ccnc(C(F)(F)F)c3)nc2c1. The Balaban J connectivity index is 1.51. The number of aromatic nitrogens is 3. The average molecular weight is 486 g/mol. The summed E-state index contributed by atoms with van der Waals surface area (Å²) in [6.45, 7) is 0. The first-order valence-corrected chi connectivity index (χ1v) is 10.3. The summed E-state index contributed by atoms with van der Waals surface area (Å²) in [5, 5.41) is 2.62. The highest BCUT2D eigenvalue weighted by atomic mass is 32.2. The summed E-state index contributed by atoms with van der Waals surface area (Å²) < 4.78 is 91.1. The molecule has 0 aliphatic rings. The minimum atomic E-state index is -4.61. The number of rotatable bonds is 5. The van der Waals surface area contributed by atoms with Gasteiger partial charge in [-0.2, -0.15) is 26.3 Å². The molecule has 2 heterocycles. The summed E-state index contributed by atoms with van der Waals surface area (Å²) in [5.41, 5.74) is -0.949. The monoisotopic (exact) mass is 486 g/mol. The van der Waals surface area contributed by atoms with Crippen LogP contribution in [-0.4, -0.2) is 15.0 Å². The van der Waals surface area contributed by atoms with Crippen molar-refractivity contribution in [1.29, 1.82) is 0 Å². The molecule has 4 nitrogen and oxygen atoms in total. The van der Waals surface area contributed by atoms with Gasteiger partial charge in [-0.3, -0.25) is 4.98 Å². The second-order valence-electron chi connectivity index (χ2n) is 6.90. The van der Waals surface area contributed by atoms with E-state index in [1.807, 2.05) is 0 Å². The first-order chi connectivity index (χ1) is 15.5.